The lowest BCUT2D eigenvalue weighted by molar-refractivity contribution is -0.114. The number of aromatic nitrogens is 2. The molecule has 0 aliphatic carbocycles. The highest BCUT2D eigenvalue weighted by molar-refractivity contribution is 6.45. The largest absolute Gasteiger partial charge is 0.455 e. The van der Waals surface area contributed by atoms with Gasteiger partial charge in [-0.25, -0.2) is 4.52 Å². The van der Waals surface area contributed by atoms with E-state index in [1.807, 2.05) is 18.7 Å². The van der Waals surface area contributed by atoms with Gasteiger partial charge in [0.2, 0.25) is 0 Å². The van der Waals surface area contributed by atoms with Gasteiger partial charge in [0.1, 0.15) is 17.0 Å². The van der Waals surface area contributed by atoms with Gasteiger partial charge in [-0.1, -0.05) is 0 Å². The molecule has 1 saturated heterocycles. The molecule has 3 heterocycles. The fourth-order valence-corrected chi connectivity index (χ4v) is 3.88. The van der Waals surface area contributed by atoms with Crippen LogP contribution in [0.1, 0.15) is 34.8 Å². The van der Waals surface area contributed by atoms with Gasteiger partial charge in [0.25, 0.3) is 11.8 Å². The molecule has 3 N–H and O–H groups in total. The van der Waals surface area contributed by atoms with Crippen LogP contribution in [0.15, 0.2) is 36.7 Å². The number of nitrogens with one attached hydrogen (secondary N) is 3. The molecule has 0 saturated carbocycles. The van der Waals surface area contributed by atoms with Crippen molar-refractivity contribution >= 4 is 28.7 Å². The Kier molecular flexibility index (Phi) is 5.56. The number of amides is 2. The van der Waals surface area contributed by atoms with E-state index in [-0.39, 0.29) is 17.7 Å². The summed E-state index contributed by atoms with van der Waals surface area (Å²) in [7, 11) is 3.21. The minimum Gasteiger partial charge on any atom is -0.455 e. The highest BCUT2D eigenvalue weighted by atomic mass is 16.5. The van der Waals surface area contributed by atoms with Gasteiger partial charge < -0.3 is 20.3 Å². The van der Waals surface area contributed by atoms with Crippen LogP contribution in [0, 0.1) is 12.3 Å². The minimum atomic E-state index is -0.469. The molecular weight excluding hydrogens is 408 g/mol. The molecule has 1 aliphatic heterocycles. The van der Waals surface area contributed by atoms with Gasteiger partial charge in [-0.3, -0.25) is 15.0 Å². The highest BCUT2D eigenvalue weighted by Gasteiger charge is 2.31. The molecule has 32 heavy (non-hydrogen) atoms. The van der Waals surface area contributed by atoms with Crippen molar-refractivity contribution in [2.45, 2.75) is 26.3 Å². The van der Waals surface area contributed by atoms with Crippen LogP contribution in [0.4, 0.5) is 5.69 Å². The van der Waals surface area contributed by atoms with Crippen LogP contribution in [0.3, 0.4) is 0 Å². The minimum absolute atomic E-state index is 0.00670. The Morgan fingerprint density at radius 1 is 1.22 bits per heavy atom. The van der Waals surface area contributed by atoms with Gasteiger partial charge >= 0.3 is 0 Å². The molecule has 4 rings (SSSR count). The zero-order valence-corrected chi connectivity index (χ0v) is 18.5. The second-order valence-electron chi connectivity index (χ2n) is 7.81. The van der Waals surface area contributed by atoms with Crippen molar-refractivity contribution in [3.8, 4) is 11.5 Å². The second-order valence-corrected chi connectivity index (χ2v) is 7.81. The maximum absolute atomic E-state index is 12.9. The lowest BCUT2D eigenvalue weighted by atomic mass is 10.0. The van der Waals surface area contributed by atoms with Crippen molar-refractivity contribution in [1.29, 1.82) is 5.41 Å². The number of carbonyl (C=O) groups excluding carboxylic acids is 2. The number of fused-ring (bicyclic) bond motifs is 1. The van der Waals surface area contributed by atoms with Crippen LogP contribution < -0.4 is 15.4 Å². The average Bonchev–Trinajstić information content (AvgIpc) is 3.14. The van der Waals surface area contributed by atoms with Crippen molar-refractivity contribution in [3.05, 3.63) is 53.3 Å². The molecule has 9 nitrogen and oxygen atoms in total. The Morgan fingerprint density at radius 3 is 2.62 bits per heavy atom. The van der Waals surface area contributed by atoms with Crippen molar-refractivity contribution in [3.63, 3.8) is 0 Å². The third-order valence-electron chi connectivity index (χ3n) is 5.91. The number of anilines is 1. The molecule has 0 radical (unpaired) electrons. The molecule has 1 fully saturated rings. The molecule has 1 aromatic carbocycles. The summed E-state index contributed by atoms with van der Waals surface area (Å²) in [5.74, 6) is 0.626. The van der Waals surface area contributed by atoms with Gasteiger partial charge in [0.05, 0.1) is 11.8 Å². The first kappa shape index (κ1) is 21.4. The van der Waals surface area contributed by atoms with Crippen molar-refractivity contribution < 1.29 is 14.3 Å². The lowest BCUT2D eigenvalue weighted by Gasteiger charge is -2.38. The number of hydrogen-bond acceptors (Lipinski definition) is 6. The number of aryl methyl sites for hydroxylation is 1. The molecule has 0 spiro atoms. The average molecular weight is 435 g/mol. The first-order valence-corrected chi connectivity index (χ1v) is 10.4. The predicted octanol–water partition coefficient (Wildman–Crippen LogP) is 2.82. The third kappa shape index (κ3) is 3.55. The molecule has 0 bridgehead atoms. The van der Waals surface area contributed by atoms with E-state index in [9.17, 15) is 9.59 Å². The van der Waals surface area contributed by atoms with Gasteiger partial charge in [-0.05, 0) is 38.0 Å². The van der Waals surface area contributed by atoms with Crippen LogP contribution in [0.5, 0.6) is 11.5 Å². The first-order valence-electron chi connectivity index (χ1n) is 10.4. The zero-order valence-electron chi connectivity index (χ0n) is 18.5. The Balaban J connectivity index is 1.68. The van der Waals surface area contributed by atoms with E-state index < -0.39 is 5.91 Å². The number of likely N-dealkylation sites (N-methyl/N-ethyl adjacent to an activating group) is 1. The summed E-state index contributed by atoms with van der Waals surface area (Å²) in [6.07, 6.45) is 4.39. The number of rotatable bonds is 6. The van der Waals surface area contributed by atoms with Crippen molar-refractivity contribution in [1.82, 2.24) is 19.8 Å². The monoisotopic (exact) mass is 434 g/mol. The Hall–Kier alpha value is -3.88. The topological polar surface area (TPSA) is 112 Å². The summed E-state index contributed by atoms with van der Waals surface area (Å²) in [5, 5.41) is 17.9. The van der Waals surface area contributed by atoms with E-state index in [0.717, 1.165) is 24.0 Å². The number of likely N-dealkylation sites (tertiary alicyclic amines) is 1. The third-order valence-corrected chi connectivity index (χ3v) is 5.91. The molecule has 1 aliphatic rings. The number of carbonyl (C=O) groups is 2. The van der Waals surface area contributed by atoms with Gasteiger partial charge in [0.15, 0.2) is 5.75 Å². The number of hydrogen-bond donors (Lipinski definition) is 3. The highest BCUT2D eigenvalue weighted by Crippen LogP contribution is 2.33. The fourth-order valence-electron chi connectivity index (χ4n) is 3.88. The molecule has 9 heteroatoms. The van der Waals surface area contributed by atoms with Gasteiger partial charge in [-0.15, -0.1) is 0 Å². The normalized spacial score (nSPS) is 15.2. The zero-order chi connectivity index (χ0) is 23.0. The lowest BCUT2D eigenvalue weighted by Crippen LogP contribution is -2.49. The van der Waals surface area contributed by atoms with Crippen LogP contribution >= 0.6 is 0 Å². The quantitative estimate of drug-likeness (QED) is 0.517. The van der Waals surface area contributed by atoms with Gasteiger partial charge in [-0.2, -0.15) is 5.10 Å². The maximum Gasteiger partial charge on any atom is 0.269 e. The second kappa shape index (κ2) is 8.33. The van der Waals surface area contributed by atoms with E-state index in [1.54, 1.807) is 48.2 Å². The Labute approximate surface area is 185 Å². The van der Waals surface area contributed by atoms with Crippen molar-refractivity contribution in [2.24, 2.45) is 0 Å². The molecule has 3 aromatic rings. The van der Waals surface area contributed by atoms with E-state index in [1.165, 1.54) is 7.05 Å². The van der Waals surface area contributed by atoms with Crippen LogP contribution in [0.2, 0.25) is 0 Å². The summed E-state index contributed by atoms with van der Waals surface area (Å²) < 4.78 is 7.82. The number of nitrogens with zero attached hydrogens (tertiary/aromatic N) is 3. The summed E-state index contributed by atoms with van der Waals surface area (Å²) >= 11 is 0. The number of ether oxygens (including phenoxy) is 1. The summed E-state index contributed by atoms with van der Waals surface area (Å²) in [6, 6.07) is 7.11. The van der Waals surface area contributed by atoms with Gasteiger partial charge in [0, 0.05) is 56.3 Å². The molecule has 166 valence electrons. The Bertz CT molecular complexity index is 1230. The summed E-state index contributed by atoms with van der Waals surface area (Å²) in [5.41, 5.74) is 3.07. The standard InChI is InChI=1S/C23H26N6O3/c1-13-8-10-28(13)23(31)17-12-29-21(14(17)2)19(7-9-27-29)32-15-5-6-16(18(11-15)25-3)20(24)22(30)26-4/h5-7,9,11-13,24-25H,8,10H2,1-4H3,(H,26,30). The molecular formula is C23H26N6O3. The van der Waals surface area contributed by atoms with E-state index in [2.05, 4.69) is 15.7 Å². The summed E-state index contributed by atoms with van der Waals surface area (Å²) in [6.45, 7) is 4.72. The molecule has 1 atom stereocenters. The van der Waals surface area contributed by atoms with E-state index >= 15 is 0 Å². The predicted molar refractivity (Wildman–Crippen MR) is 122 cm³/mol. The van der Waals surface area contributed by atoms with Crippen LogP contribution in [-0.2, 0) is 4.79 Å². The van der Waals surface area contributed by atoms with E-state index in [0.29, 0.717) is 28.3 Å². The van der Waals surface area contributed by atoms with E-state index in [4.69, 9.17) is 10.1 Å². The summed E-state index contributed by atoms with van der Waals surface area (Å²) in [4.78, 5) is 26.7. The molecule has 2 amide bonds. The fraction of sp³-hybridized carbons (Fsp3) is 0.304. The smallest absolute Gasteiger partial charge is 0.269 e. The van der Waals surface area contributed by atoms with Crippen LogP contribution in [-0.4, -0.2) is 58.7 Å². The Morgan fingerprint density at radius 2 is 2.00 bits per heavy atom. The molecule has 2 aromatic heterocycles. The van der Waals surface area contributed by atoms with Crippen LogP contribution in [0.25, 0.3) is 5.52 Å². The SMILES string of the molecule is CNC(=O)C(=N)c1ccc(Oc2ccnn3cc(C(=O)N4CCC4C)c(C)c23)cc1NC. The van der Waals surface area contributed by atoms with Crippen molar-refractivity contribution in [2.75, 3.05) is 26.0 Å². The number of benzene rings is 1. The first-order chi connectivity index (χ1) is 15.3. The molecule has 1 unspecified atom stereocenters. The maximum atomic E-state index is 12.9.